The predicted molar refractivity (Wildman–Crippen MR) is 78.7 cm³/mol. The van der Waals surface area contributed by atoms with Crippen LogP contribution in [0.2, 0.25) is 5.28 Å². The van der Waals surface area contributed by atoms with Crippen LogP contribution in [-0.4, -0.2) is 37.1 Å². The number of aromatic nitrogens is 2. The minimum Gasteiger partial charge on any atom is -0.480 e. The zero-order valence-corrected chi connectivity index (χ0v) is 13.7. The zero-order valence-electron chi connectivity index (χ0n) is 12.9. The Balaban J connectivity index is 3.32. The van der Waals surface area contributed by atoms with Crippen LogP contribution >= 0.6 is 11.6 Å². The maximum Gasteiger partial charge on any atom is 0.383 e. The third-order valence-electron chi connectivity index (χ3n) is 2.83. The second-order valence-corrected chi connectivity index (χ2v) is 6.36. The van der Waals surface area contributed by atoms with Crippen molar-refractivity contribution < 1.29 is 24.4 Å². The molecule has 0 fully saturated rings. The number of ether oxygens (including phenoxy) is 1. The summed E-state index contributed by atoms with van der Waals surface area (Å²) in [6.45, 7) is 5.87. The topological polar surface area (TPSA) is 151 Å². The first-order chi connectivity index (χ1) is 10.3. The van der Waals surface area contributed by atoms with E-state index in [-0.39, 0.29) is 0 Å². The van der Waals surface area contributed by atoms with Gasteiger partial charge in [0.2, 0.25) is 0 Å². The number of rotatable bonds is 5. The Kier molecular flexibility index (Phi) is 5.02. The smallest absolute Gasteiger partial charge is 0.383 e. The number of carboxylic acids is 1. The summed E-state index contributed by atoms with van der Waals surface area (Å²) in [7, 11) is 0. The van der Waals surface area contributed by atoms with Crippen LogP contribution in [0.3, 0.4) is 0 Å². The van der Waals surface area contributed by atoms with E-state index in [1.54, 1.807) is 20.8 Å². The van der Waals surface area contributed by atoms with E-state index < -0.39 is 45.1 Å². The summed E-state index contributed by atoms with van der Waals surface area (Å²) in [5.41, 5.74) is 3.07. The van der Waals surface area contributed by atoms with Crippen LogP contribution in [0.4, 0.5) is 5.82 Å². The number of carbonyl (C=O) groups excluding carboxylic acids is 1. The lowest BCUT2D eigenvalue weighted by Gasteiger charge is -2.32. The summed E-state index contributed by atoms with van der Waals surface area (Å²) in [6.07, 6.45) is 0.864. The summed E-state index contributed by atoms with van der Waals surface area (Å²) in [6, 6.07) is 0. The molecule has 0 saturated carbocycles. The largest absolute Gasteiger partial charge is 0.480 e. The fraction of sp³-hybridized carbons (Fsp3) is 0.583. The SMILES string of the molecule is CC(C)(C)OC(=O)C(C(=O)O)C(C)(N)n1cc([N+](=O)[O-])nc1Cl. The highest BCUT2D eigenvalue weighted by Gasteiger charge is 2.47. The van der Waals surface area contributed by atoms with Crippen LogP contribution in [0.15, 0.2) is 6.20 Å². The first kappa shape index (κ1) is 18.8. The molecule has 0 aliphatic rings. The second kappa shape index (κ2) is 6.13. The first-order valence-corrected chi connectivity index (χ1v) is 6.79. The van der Waals surface area contributed by atoms with E-state index in [9.17, 15) is 24.8 Å². The maximum atomic E-state index is 12.2. The molecular formula is C12H17ClN4O6. The standard InChI is InChI=1S/C12H17ClN4O6/c1-11(2,3)23-9(20)7(8(18)19)12(4,14)16-5-6(17(21)22)15-10(16)13/h5,7H,14H2,1-4H3,(H,18,19). The third kappa shape index (κ3) is 4.17. The molecule has 10 nitrogen and oxygen atoms in total. The van der Waals surface area contributed by atoms with E-state index in [0.717, 1.165) is 10.8 Å². The van der Waals surface area contributed by atoms with Crippen molar-refractivity contribution in [2.75, 3.05) is 0 Å². The molecule has 128 valence electrons. The van der Waals surface area contributed by atoms with Crippen LogP contribution in [0.1, 0.15) is 27.7 Å². The fourth-order valence-corrected chi connectivity index (χ4v) is 2.18. The number of halogens is 1. The van der Waals surface area contributed by atoms with Crippen LogP contribution in [0, 0.1) is 16.0 Å². The average Bonchev–Trinajstić information content (AvgIpc) is 2.68. The highest BCUT2D eigenvalue weighted by atomic mass is 35.5. The lowest BCUT2D eigenvalue weighted by Crippen LogP contribution is -2.54. The van der Waals surface area contributed by atoms with Crippen molar-refractivity contribution in [2.45, 2.75) is 39.0 Å². The van der Waals surface area contributed by atoms with Crippen molar-refractivity contribution in [1.29, 1.82) is 0 Å². The summed E-state index contributed by atoms with van der Waals surface area (Å²) in [5, 5.41) is 19.7. The Morgan fingerprint density at radius 1 is 1.48 bits per heavy atom. The van der Waals surface area contributed by atoms with Crippen molar-refractivity contribution in [3.05, 3.63) is 21.6 Å². The molecule has 3 N–H and O–H groups in total. The number of carbonyl (C=O) groups is 2. The molecule has 11 heteroatoms. The van der Waals surface area contributed by atoms with Gasteiger partial charge in [-0.15, -0.1) is 0 Å². The Labute approximate surface area is 136 Å². The van der Waals surface area contributed by atoms with Gasteiger partial charge in [0.25, 0.3) is 0 Å². The summed E-state index contributed by atoms with van der Waals surface area (Å²) in [4.78, 5) is 37.1. The molecule has 2 unspecified atom stereocenters. The molecule has 0 amide bonds. The van der Waals surface area contributed by atoms with Crippen LogP contribution in [0.25, 0.3) is 0 Å². The van der Waals surface area contributed by atoms with Crippen LogP contribution in [0.5, 0.6) is 0 Å². The van der Waals surface area contributed by atoms with Gasteiger partial charge in [0.05, 0.1) is 0 Å². The van der Waals surface area contributed by atoms with Crippen molar-refractivity contribution in [1.82, 2.24) is 9.55 Å². The Morgan fingerprint density at radius 2 is 2.00 bits per heavy atom. The van der Waals surface area contributed by atoms with Gasteiger partial charge in [0, 0.05) is 0 Å². The number of esters is 1. The van der Waals surface area contributed by atoms with E-state index in [4.69, 9.17) is 22.1 Å². The fourth-order valence-electron chi connectivity index (χ4n) is 1.86. The number of hydrogen-bond acceptors (Lipinski definition) is 7. The van der Waals surface area contributed by atoms with E-state index in [1.807, 2.05) is 0 Å². The number of hydrogen-bond donors (Lipinski definition) is 2. The van der Waals surface area contributed by atoms with Gasteiger partial charge in [-0.25, -0.2) is 0 Å². The molecule has 1 heterocycles. The molecule has 0 bridgehead atoms. The number of carboxylic acid groups (broad SMARTS) is 1. The molecule has 0 radical (unpaired) electrons. The highest BCUT2D eigenvalue weighted by molar-refractivity contribution is 6.28. The van der Waals surface area contributed by atoms with Crippen molar-refractivity contribution in [3.63, 3.8) is 0 Å². The van der Waals surface area contributed by atoms with E-state index in [0.29, 0.717) is 0 Å². The average molecular weight is 349 g/mol. The van der Waals surface area contributed by atoms with Crippen LogP contribution in [-0.2, 0) is 20.0 Å². The molecule has 0 aromatic carbocycles. The van der Waals surface area contributed by atoms with Crippen molar-refractivity contribution >= 4 is 29.4 Å². The quantitative estimate of drug-likeness (QED) is 0.347. The Bertz CT molecular complexity index is 648. The van der Waals surface area contributed by atoms with E-state index in [2.05, 4.69) is 4.98 Å². The first-order valence-electron chi connectivity index (χ1n) is 6.41. The lowest BCUT2D eigenvalue weighted by molar-refractivity contribution is -0.389. The number of imidazole rings is 1. The van der Waals surface area contributed by atoms with Gasteiger partial charge < -0.3 is 25.7 Å². The Hall–Kier alpha value is -2.20. The third-order valence-corrected chi connectivity index (χ3v) is 3.10. The molecule has 1 aromatic rings. The normalized spacial score (nSPS) is 15.6. The number of nitro groups is 1. The molecular weight excluding hydrogens is 332 g/mol. The van der Waals surface area contributed by atoms with Gasteiger partial charge in [-0.2, -0.15) is 0 Å². The van der Waals surface area contributed by atoms with Gasteiger partial charge in [-0.1, -0.05) is 0 Å². The molecule has 23 heavy (non-hydrogen) atoms. The van der Waals surface area contributed by atoms with Gasteiger partial charge in [-0.05, 0) is 49.2 Å². The number of nitrogens with zero attached hydrogens (tertiary/aromatic N) is 3. The van der Waals surface area contributed by atoms with Gasteiger partial charge in [-0.3, -0.25) is 14.2 Å². The Morgan fingerprint density at radius 3 is 2.35 bits per heavy atom. The molecule has 0 saturated heterocycles. The molecule has 2 atom stereocenters. The highest BCUT2D eigenvalue weighted by Crippen LogP contribution is 2.29. The minimum atomic E-state index is -1.94. The van der Waals surface area contributed by atoms with Gasteiger partial charge in [0.15, 0.2) is 5.92 Å². The molecule has 1 aromatic heterocycles. The summed E-state index contributed by atoms with van der Waals surface area (Å²) in [5.74, 6) is -5.13. The van der Waals surface area contributed by atoms with Crippen molar-refractivity contribution in [3.8, 4) is 0 Å². The van der Waals surface area contributed by atoms with Crippen molar-refractivity contribution in [2.24, 2.45) is 11.7 Å². The van der Waals surface area contributed by atoms with Crippen LogP contribution < -0.4 is 5.73 Å². The molecule has 0 spiro atoms. The minimum absolute atomic E-state index is 0.420. The monoisotopic (exact) mass is 348 g/mol. The summed E-state index contributed by atoms with van der Waals surface area (Å²) < 4.78 is 5.91. The zero-order chi connectivity index (χ0) is 18.2. The predicted octanol–water partition coefficient (Wildman–Crippen LogP) is 1.12. The van der Waals surface area contributed by atoms with Gasteiger partial charge in [0.1, 0.15) is 17.5 Å². The van der Waals surface area contributed by atoms with E-state index in [1.165, 1.54) is 6.92 Å². The molecule has 0 aliphatic carbocycles. The number of aliphatic carboxylic acids is 1. The number of nitrogens with two attached hydrogens (primary N) is 1. The molecule has 0 aliphatic heterocycles. The van der Waals surface area contributed by atoms with Gasteiger partial charge >= 0.3 is 23.0 Å². The maximum absolute atomic E-state index is 12.2. The van der Waals surface area contributed by atoms with E-state index >= 15 is 0 Å². The lowest BCUT2D eigenvalue weighted by atomic mass is 9.94. The summed E-state index contributed by atoms with van der Waals surface area (Å²) >= 11 is 5.78. The second-order valence-electron chi connectivity index (χ2n) is 6.03. The molecule has 1 rings (SSSR count).